The number of nitriles is 1. The third kappa shape index (κ3) is 3.21. The second-order valence-electron chi connectivity index (χ2n) is 7.11. The number of hydrogen-bond donors (Lipinski definition) is 2. The highest BCUT2D eigenvalue weighted by atomic mass is 15.0. The van der Waals surface area contributed by atoms with Gasteiger partial charge < -0.3 is 10.6 Å². The van der Waals surface area contributed by atoms with Crippen LogP contribution >= 0.6 is 0 Å². The van der Waals surface area contributed by atoms with Gasteiger partial charge in [0.1, 0.15) is 11.8 Å². The van der Waals surface area contributed by atoms with E-state index in [9.17, 15) is 0 Å². The van der Waals surface area contributed by atoms with Gasteiger partial charge in [-0.05, 0) is 55.1 Å². The van der Waals surface area contributed by atoms with E-state index in [2.05, 4.69) is 45.7 Å². The molecule has 132 valence electrons. The second-order valence-corrected chi connectivity index (χ2v) is 7.11. The number of piperidine rings is 1. The number of nitrogens with one attached hydrogen (secondary N) is 2. The molecule has 2 aromatic rings. The van der Waals surface area contributed by atoms with Crippen molar-refractivity contribution in [1.82, 2.24) is 20.6 Å². The van der Waals surface area contributed by atoms with Crippen molar-refractivity contribution in [3.63, 3.8) is 0 Å². The third-order valence-corrected chi connectivity index (χ3v) is 5.51. The molecule has 1 saturated heterocycles. The van der Waals surface area contributed by atoms with Crippen molar-refractivity contribution in [2.24, 2.45) is 0 Å². The Labute approximate surface area is 154 Å². The minimum absolute atomic E-state index is 0.231. The minimum Gasteiger partial charge on any atom is -0.382 e. The Hall–Kier alpha value is -2.71. The molecule has 1 aliphatic carbocycles. The molecule has 2 aromatic heterocycles. The van der Waals surface area contributed by atoms with E-state index in [0.29, 0.717) is 17.7 Å². The fraction of sp³-hybridized carbons (Fsp3) is 0.381. The Bertz CT molecular complexity index is 843. The summed E-state index contributed by atoms with van der Waals surface area (Å²) < 4.78 is 0. The molecule has 1 fully saturated rings. The Morgan fingerprint density at radius 3 is 2.77 bits per heavy atom. The van der Waals surface area contributed by atoms with Crippen LogP contribution in [0.4, 0.5) is 0 Å². The molecule has 3 heterocycles. The number of nitrogens with zero attached hydrogens (tertiary/aromatic N) is 3. The predicted molar refractivity (Wildman–Crippen MR) is 101 cm³/mol. The van der Waals surface area contributed by atoms with Crippen molar-refractivity contribution < 1.29 is 0 Å². The molecule has 5 heteroatoms. The minimum atomic E-state index is 0.231. The van der Waals surface area contributed by atoms with E-state index in [0.717, 1.165) is 31.5 Å². The normalized spacial score (nSPS) is 22.8. The Balaban J connectivity index is 1.69. The van der Waals surface area contributed by atoms with Crippen LogP contribution in [0, 0.1) is 11.3 Å². The first-order chi connectivity index (χ1) is 12.8. The lowest BCUT2D eigenvalue weighted by Crippen LogP contribution is -2.39. The van der Waals surface area contributed by atoms with Crippen LogP contribution < -0.4 is 10.6 Å². The Kier molecular flexibility index (Phi) is 4.68. The lowest BCUT2D eigenvalue weighted by molar-refractivity contribution is 0.423. The summed E-state index contributed by atoms with van der Waals surface area (Å²) in [5.74, 6) is 0.565. The summed E-state index contributed by atoms with van der Waals surface area (Å²) >= 11 is 0. The van der Waals surface area contributed by atoms with E-state index in [1.165, 1.54) is 16.8 Å². The van der Waals surface area contributed by atoms with E-state index in [-0.39, 0.29) is 5.92 Å². The van der Waals surface area contributed by atoms with Gasteiger partial charge >= 0.3 is 0 Å². The summed E-state index contributed by atoms with van der Waals surface area (Å²) in [4.78, 5) is 8.63. The lowest BCUT2D eigenvalue weighted by atomic mass is 9.76. The van der Waals surface area contributed by atoms with Crippen LogP contribution in [-0.4, -0.2) is 29.1 Å². The van der Waals surface area contributed by atoms with Gasteiger partial charge in [0.15, 0.2) is 0 Å². The maximum atomic E-state index is 9.00. The van der Waals surface area contributed by atoms with Crippen LogP contribution in [-0.2, 0) is 0 Å². The van der Waals surface area contributed by atoms with Gasteiger partial charge in [-0.2, -0.15) is 5.26 Å². The van der Waals surface area contributed by atoms with Crippen molar-refractivity contribution in [2.45, 2.75) is 37.6 Å². The first kappa shape index (κ1) is 16.7. The zero-order valence-corrected chi connectivity index (χ0v) is 14.9. The third-order valence-electron chi connectivity index (χ3n) is 5.51. The second kappa shape index (κ2) is 7.27. The molecule has 2 aliphatic rings. The molecule has 26 heavy (non-hydrogen) atoms. The first-order valence-corrected chi connectivity index (χ1v) is 9.25. The van der Waals surface area contributed by atoms with Crippen molar-refractivity contribution in [3.05, 3.63) is 65.2 Å². The molecule has 0 aromatic carbocycles. The van der Waals surface area contributed by atoms with Gasteiger partial charge in [-0.15, -0.1) is 0 Å². The molecule has 2 unspecified atom stereocenters. The molecular weight excluding hydrogens is 322 g/mol. The molecule has 1 aliphatic heterocycles. The first-order valence-electron chi connectivity index (χ1n) is 9.25. The highest BCUT2D eigenvalue weighted by Gasteiger charge is 2.29. The van der Waals surface area contributed by atoms with E-state index in [4.69, 9.17) is 5.26 Å². The number of pyridine rings is 2. The molecule has 0 bridgehead atoms. The van der Waals surface area contributed by atoms with Crippen LogP contribution in [0.2, 0.25) is 0 Å². The fourth-order valence-electron chi connectivity index (χ4n) is 4.00. The monoisotopic (exact) mass is 345 g/mol. The summed E-state index contributed by atoms with van der Waals surface area (Å²) in [6.07, 6.45) is 10.3. The standard InChI is InChI=1S/C21H23N5/c1-14-18-6-9-24-13-20(18)21(26-16-4-7-23-8-5-16)10-19(14)15-2-3-17(11-22)25-12-15/h2-3,6,9-10,12-14,16,19,23,26H,4-5,7-8H2,1H3. The zero-order valence-electron chi connectivity index (χ0n) is 14.9. The van der Waals surface area contributed by atoms with Crippen LogP contribution in [0.3, 0.4) is 0 Å². The maximum absolute atomic E-state index is 9.00. The summed E-state index contributed by atoms with van der Waals surface area (Å²) in [6, 6.07) is 8.54. The summed E-state index contributed by atoms with van der Waals surface area (Å²) in [5, 5.41) is 16.2. The van der Waals surface area contributed by atoms with Crippen molar-refractivity contribution >= 4 is 5.70 Å². The van der Waals surface area contributed by atoms with Gasteiger partial charge in [-0.25, -0.2) is 4.98 Å². The van der Waals surface area contributed by atoms with Gasteiger partial charge in [0.05, 0.1) is 0 Å². The maximum Gasteiger partial charge on any atom is 0.140 e. The van der Waals surface area contributed by atoms with Crippen molar-refractivity contribution in [2.75, 3.05) is 13.1 Å². The van der Waals surface area contributed by atoms with Crippen molar-refractivity contribution in [3.8, 4) is 6.07 Å². The topological polar surface area (TPSA) is 73.6 Å². The Morgan fingerprint density at radius 1 is 1.19 bits per heavy atom. The van der Waals surface area contributed by atoms with Crippen molar-refractivity contribution in [1.29, 1.82) is 5.26 Å². The number of hydrogen-bond acceptors (Lipinski definition) is 5. The van der Waals surface area contributed by atoms with E-state index < -0.39 is 0 Å². The largest absolute Gasteiger partial charge is 0.382 e. The molecule has 2 atom stereocenters. The van der Waals surface area contributed by atoms with Gasteiger partial charge in [0.25, 0.3) is 0 Å². The molecule has 0 spiro atoms. The van der Waals surface area contributed by atoms with E-state index >= 15 is 0 Å². The van der Waals surface area contributed by atoms with Crippen LogP contribution in [0.25, 0.3) is 5.70 Å². The highest BCUT2D eigenvalue weighted by Crippen LogP contribution is 2.42. The quantitative estimate of drug-likeness (QED) is 0.895. The van der Waals surface area contributed by atoms with Gasteiger partial charge in [0.2, 0.25) is 0 Å². The number of rotatable bonds is 3. The summed E-state index contributed by atoms with van der Waals surface area (Å²) in [7, 11) is 0. The number of allylic oxidation sites excluding steroid dienone is 1. The lowest BCUT2D eigenvalue weighted by Gasteiger charge is -2.33. The highest BCUT2D eigenvalue weighted by molar-refractivity contribution is 5.71. The van der Waals surface area contributed by atoms with E-state index in [1.807, 2.05) is 24.7 Å². The van der Waals surface area contributed by atoms with E-state index in [1.54, 1.807) is 6.07 Å². The summed E-state index contributed by atoms with van der Waals surface area (Å²) in [5.41, 5.74) is 5.29. The van der Waals surface area contributed by atoms with Crippen LogP contribution in [0.15, 0.2) is 42.9 Å². The van der Waals surface area contributed by atoms with Crippen LogP contribution in [0.1, 0.15) is 54.0 Å². The molecule has 0 saturated carbocycles. The average molecular weight is 345 g/mol. The molecule has 0 radical (unpaired) electrons. The SMILES string of the molecule is CC1c2ccncc2C(NC2CCNCC2)=CC1c1ccc(C#N)nc1. The predicted octanol–water partition coefficient (Wildman–Crippen LogP) is 2.93. The van der Waals surface area contributed by atoms with Gasteiger partial charge in [0, 0.05) is 41.8 Å². The summed E-state index contributed by atoms with van der Waals surface area (Å²) in [6.45, 7) is 4.37. The molecule has 4 rings (SSSR count). The zero-order chi connectivity index (χ0) is 17.9. The average Bonchev–Trinajstić information content (AvgIpc) is 2.71. The van der Waals surface area contributed by atoms with Gasteiger partial charge in [-0.3, -0.25) is 4.98 Å². The van der Waals surface area contributed by atoms with Crippen LogP contribution in [0.5, 0.6) is 0 Å². The number of fused-ring (bicyclic) bond motifs is 1. The molecule has 2 N–H and O–H groups in total. The fourth-order valence-corrected chi connectivity index (χ4v) is 4.00. The molecule has 0 amide bonds. The molecular formula is C21H23N5. The Morgan fingerprint density at radius 2 is 2.04 bits per heavy atom. The van der Waals surface area contributed by atoms with Gasteiger partial charge in [-0.1, -0.05) is 19.1 Å². The number of aromatic nitrogens is 2. The molecule has 5 nitrogen and oxygen atoms in total. The smallest absolute Gasteiger partial charge is 0.140 e.